The predicted octanol–water partition coefficient (Wildman–Crippen LogP) is 3.25. The Morgan fingerprint density at radius 1 is 1.58 bits per heavy atom. The number of aliphatic imine (C=N–C) groups is 1. The standard InChI is InChI=1S/C14H22ClN3S/c1-11-4-3-9-18(10-11)14(16-2)17-8-7-12-5-6-13(15)19-12/h5-6,11H,3-4,7-10H2,1-2H3,(H,16,17). The molecule has 3 nitrogen and oxygen atoms in total. The number of hydrogen-bond acceptors (Lipinski definition) is 2. The highest BCUT2D eigenvalue weighted by molar-refractivity contribution is 7.16. The Bertz CT molecular complexity index is 430. The van der Waals surface area contributed by atoms with Crippen LogP contribution in [0.1, 0.15) is 24.6 Å². The van der Waals surface area contributed by atoms with Gasteiger partial charge in [0.2, 0.25) is 0 Å². The van der Waals surface area contributed by atoms with Gasteiger partial charge < -0.3 is 10.2 Å². The van der Waals surface area contributed by atoms with E-state index in [9.17, 15) is 0 Å². The number of hydrogen-bond donors (Lipinski definition) is 1. The van der Waals surface area contributed by atoms with Gasteiger partial charge in [0.25, 0.3) is 0 Å². The van der Waals surface area contributed by atoms with Crippen LogP contribution in [0.5, 0.6) is 0 Å². The highest BCUT2D eigenvalue weighted by Gasteiger charge is 2.18. The number of thiophene rings is 1. The van der Waals surface area contributed by atoms with Crippen molar-refractivity contribution < 1.29 is 0 Å². The zero-order chi connectivity index (χ0) is 13.7. The molecule has 2 rings (SSSR count). The third-order valence-corrected chi connectivity index (χ3v) is 4.74. The molecule has 0 aliphatic carbocycles. The molecule has 19 heavy (non-hydrogen) atoms. The smallest absolute Gasteiger partial charge is 0.193 e. The zero-order valence-electron chi connectivity index (χ0n) is 11.7. The van der Waals surface area contributed by atoms with Gasteiger partial charge in [0.1, 0.15) is 0 Å². The summed E-state index contributed by atoms with van der Waals surface area (Å²) >= 11 is 7.59. The van der Waals surface area contributed by atoms with E-state index in [2.05, 4.69) is 28.2 Å². The molecule has 1 fully saturated rings. The minimum Gasteiger partial charge on any atom is -0.356 e. The first-order valence-corrected chi connectivity index (χ1v) is 8.08. The minimum atomic E-state index is 0.767. The average molecular weight is 300 g/mol. The molecule has 1 aromatic heterocycles. The molecule has 5 heteroatoms. The van der Waals surface area contributed by atoms with Crippen molar-refractivity contribution in [2.24, 2.45) is 10.9 Å². The molecule has 1 atom stereocenters. The van der Waals surface area contributed by atoms with Gasteiger partial charge in [-0.3, -0.25) is 4.99 Å². The lowest BCUT2D eigenvalue weighted by Crippen LogP contribution is -2.46. The quantitative estimate of drug-likeness (QED) is 0.685. The van der Waals surface area contributed by atoms with Crippen molar-refractivity contribution in [2.75, 3.05) is 26.7 Å². The fourth-order valence-corrected chi connectivity index (χ4v) is 3.58. The molecule has 0 aromatic carbocycles. The first-order valence-electron chi connectivity index (χ1n) is 6.89. The Morgan fingerprint density at radius 3 is 3.05 bits per heavy atom. The van der Waals surface area contributed by atoms with Crippen molar-refractivity contribution in [2.45, 2.75) is 26.2 Å². The van der Waals surface area contributed by atoms with Gasteiger partial charge >= 0.3 is 0 Å². The number of nitrogens with zero attached hydrogens (tertiary/aromatic N) is 2. The summed E-state index contributed by atoms with van der Waals surface area (Å²) < 4.78 is 0.865. The Morgan fingerprint density at radius 2 is 2.42 bits per heavy atom. The van der Waals surface area contributed by atoms with E-state index in [0.29, 0.717) is 0 Å². The van der Waals surface area contributed by atoms with Gasteiger partial charge in [0, 0.05) is 31.6 Å². The Labute approximate surface area is 124 Å². The molecule has 0 amide bonds. The summed E-state index contributed by atoms with van der Waals surface area (Å²) in [5, 5.41) is 3.46. The third-order valence-electron chi connectivity index (χ3n) is 3.45. The van der Waals surface area contributed by atoms with E-state index in [1.807, 2.05) is 13.1 Å². The van der Waals surface area contributed by atoms with Crippen molar-refractivity contribution in [3.05, 3.63) is 21.3 Å². The largest absolute Gasteiger partial charge is 0.356 e. The summed E-state index contributed by atoms with van der Waals surface area (Å²) in [5.74, 6) is 1.80. The fourth-order valence-electron chi connectivity index (χ4n) is 2.50. The topological polar surface area (TPSA) is 27.6 Å². The molecule has 106 valence electrons. The number of likely N-dealkylation sites (tertiary alicyclic amines) is 1. The van der Waals surface area contributed by atoms with Crippen molar-refractivity contribution in [3.63, 3.8) is 0 Å². The van der Waals surface area contributed by atoms with Crippen LogP contribution in [0.4, 0.5) is 0 Å². The SMILES string of the molecule is CN=C(NCCc1ccc(Cl)s1)N1CCCC(C)C1. The normalized spacial score (nSPS) is 20.7. The molecule has 2 heterocycles. The van der Waals surface area contributed by atoms with Crippen LogP contribution in [0, 0.1) is 5.92 Å². The predicted molar refractivity (Wildman–Crippen MR) is 84.4 cm³/mol. The highest BCUT2D eigenvalue weighted by Crippen LogP contribution is 2.21. The van der Waals surface area contributed by atoms with Crippen LogP contribution in [-0.4, -0.2) is 37.5 Å². The van der Waals surface area contributed by atoms with Crippen molar-refractivity contribution in [1.29, 1.82) is 0 Å². The fraction of sp³-hybridized carbons (Fsp3) is 0.643. The van der Waals surface area contributed by atoms with Gasteiger partial charge in [-0.2, -0.15) is 0 Å². The molecule has 1 saturated heterocycles. The molecule has 1 aliphatic rings. The summed E-state index contributed by atoms with van der Waals surface area (Å²) in [5.41, 5.74) is 0. The average Bonchev–Trinajstić information content (AvgIpc) is 2.80. The van der Waals surface area contributed by atoms with Gasteiger partial charge in [0.15, 0.2) is 5.96 Å². The van der Waals surface area contributed by atoms with E-state index < -0.39 is 0 Å². The molecular weight excluding hydrogens is 278 g/mol. The lowest BCUT2D eigenvalue weighted by Gasteiger charge is -2.33. The highest BCUT2D eigenvalue weighted by atomic mass is 35.5. The maximum absolute atomic E-state index is 5.93. The van der Waals surface area contributed by atoms with Gasteiger partial charge in [-0.25, -0.2) is 0 Å². The van der Waals surface area contributed by atoms with Gasteiger partial charge in [-0.1, -0.05) is 18.5 Å². The van der Waals surface area contributed by atoms with Crippen LogP contribution in [0.25, 0.3) is 0 Å². The van der Waals surface area contributed by atoms with Gasteiger partial charge in [-0.05, 0) is 37.3 Å². The second kappa shape index (κ2) is 7.15. The second-order valence-electron chi connectivity index (χ2n) is 5.12. The third kappa shape index (κ3) is 4.39. The lowest BCUT2D eigenvalue weighted by atomic mass is 10.0. The minimum absolute atomic E-state index is 0.767. The van der Waals surface area contributed by atoms with Crippen LogP contribution in [0.15, 0.2) is 17.1 Å². The van der Waals surface area contributed by atoms with Crippen LogP contribution >= 0.6 is 22.9 Å². The van der Waals surface area contributed by atoms with E-state index >= 15 is 0 Å². The Hall–Kier alpha value is -0.740. The first-order chi connectivity index (χ1) is 9.19. The zero-order valence-corrected chi connectivity index (χ0v) is 13.2. The second-order valence-corrected chi connectivity index (χ2v) is 6.92. The maximum Gasteiger partial charge on any atom is 0.193 e. The van der Waals surface area contributed by atoms with Gasteiger partial charge in [-0.15, -0.1) is 11.3 Å². The first kappa shape index (κ1) is 14.7. The van der Waals surface area contributed by atoms with Crippen molar-refractivity contribution >= 4 is 28.9 Å². The number of nitrogens with one attached hydrogen (secondary N) is 1. The van der Waals surface area contributed by atoms with E-state index in [1.165, 1.54) is 17.7 Å². The number of piperidine rings is 1. The van der Waals surface area contributed by atoms with Crippen LogP contribution in [0.3, 0.4) is 0 Å². The molecule has 0 radical (unpaired) electrons. The van der Waals surface area contributed by atoms with Crippen LogP contribution in [0.2, 0.25) is 4.34 Å². The van der Waals surface area contributed by atoms with Crippen LogP contribution < -0.4 is 5.32 Å². The molecule has 0 saturated carbocycles. The van der Waals surface area contributed by atoms with Gasteiger partial charge in [0.05, 0.1) is 4.34 Å². The molecule has 1 aliphatic heterocycles. The molecule has 1 N–H and O–H groups in total. The number of rotatable bonds is 3. The monoisotopic (exact) mass is 299 g/mol. The van der Waals surface area contributed by atoms with E-state index in [-0.39, 0.29) is 0 Å². The van der Waals surface area contributed by atoms with E-state index in [0.717, 1.165) is 42.3 Å². The summed E-state index contributed by atoms with van der Waals surface area (Å²) in [6, 6.07) is 4.06. The van der Waals surface area contributed by atoms with Crippen LogP contribution in [-0.2, 0) is 6.42 Å². The molecule has 0 spiro atoms. The van der Waals surface area contributed by atoms with E-state index in [4.69, 9.17) is 11.6 Å². The summed E-state index contributed by atoms with van der Waals surface area (Å²) in [6.45, 7) is 5.46. The Kier molecular flexibility index (Phi) is 5.52. The molecule has 1 unspecified atom stereocenters. The van der Waals surface area contributed by atoms with Crippen molar-refractivity contribution in [3.8, 4) is 0 Å². The summed E-state index contributed by atoms with van der Waals surface area (Å²) in [7, 11) is 1.86. The maximum atomic E-state index is 5.93. The number of halogens is 1. The molecule has 0 bridgehead atoms. The molecule has 1 aromatic rings. The van der Waals surface area contributed by atoms with Crippen molar-refractivity contribution in [1.82, 2.24) is 10.2 Å². The Balaban J connectivity index is 1.79. The lowest BCUT2D eigenvalue weighted by molar-refractivity contribution is 0.266. The number of guanidine groups is 1. The van der Waals surface area contributed by atoms with E-state index in [1.54, 1.807) is 11.3 Å². The molecular formula is C14H22ClN3S. The summed E-state index contributed by atoms with van der Waals surface area (Å²) in [4.78, 5) is 8.08. The summed E-state index contributed by atoms with van der Waals surface area (Å²) in [6.07, 6.45) is 3.60.